The van der Waals surface area contributed by atoms with E-state index in [1.165, 1.54) is 7.11 Å². The number of hydrogen-bond acceptors (Lipinski definition) is 5. The third kappa shape index (κ3) is 5.84. The van der Waals surface area contributed by atoms with E-state index >= 15 is 0 Å². The molecule has 1 amide bonds. The second kappa shape index (κ2) is 8.73. The molecule has 2 aromatic rings. The van der Waals surface area contributed by atoms with Crippen molar-refractivity contribution >= 4 is 23.3 Å². The molecule has 6 heteroatoms. The number of carbonyl (C=O) groups excluding carboxylic acids is 2. The van der Waals surface area contributed by atoms with Crippen LogP contribution in [0.1, 0.15) is 24.2 Å². The van der Waals surface area contributed by atoms with Crippen molar-refractivity contribution in [3.05, 3.63) is 54.1 Å². The quantitative estimate of drug-likeness (QED) is 0.755. The number of hydrogen-bond donors (Lipinski definition) is 2. The maximum absolute atomic E-state index is 12.0. The molecule has 2 aromatic carbocycles. The summed E-state index contributed by atoms with van der Waals surface area (Å²) in [5.41, 5.74) is 1.90. The number of benzene rings is 2. The lowest BCUT2D eigenvalue weighted by Gasteiger charge is -2.11. The summed E-state index contributed by atoms with van der Waals surface area (Å²) in [4.78, 5) is 23.4. The number of methoxy groups -OCH3 is 1. The Morgan fingerprint density at radius 2 is 1.56 bits per heavy atom. The first-order valence-electron chi connectivity index (χ1n) is 7.96. The average Bonchev–Trinajstić information content (AvgIpc) is 2.61. The number of ether oxygens (including phenoxy) is 2. The van der Waals surface area contributed by atoms with Gasteiger partial charge in [-0.3, -0.25) is 4.79 Å². The fourth-order valence-corrected chi connectivity index (χ4v) is 2.12. The van der Waals surface area contributed by atoms with Gasteiger partial charge < -0.3 is 20.1 Å². The van der Waals surface area contributed by atoms with Gasteiger partial charge in [0.15, 0.2) is 0 Å². The lowest BCUT2D eigenvalue weighted by atomic mass is 10.2. The van der Waals surface area contributed by atoms with Crippen LogP contribution in [0.2, 0.25) is 0 Å². The molecule has 132 valence electrons. The first-order chi connectivity index (χ1) is 12.0. The van der Waals surface area contributed by atoms with E-state index < -0.39 is 5.97 Å². The lowest BCUT2D eigenvalue weighted by Crippen LogP contribution is -2.21. The Bertz CT molecular complexity index is 709. The molecule has 0 atom stereocenters. The Morgan fingerprint density at radius 3 is 2.12 bits per heavy atom. The van der Waals surface area contributed by atoms with Crippen molar-refractivity contribution in [3.63, 3.8) is 0 Å². The molecule has 0 spiro atoms. The Balaban J connectivity index is 1.83. The summed E-state index contributed by atoms with van der Waals surface area (Å²) in [5, 5.41) is 5.80. The maximum Gasteiger partial charge on any atom is 0.337 e. The van der Waals surface area contributed by atoms with Gasteiger partial charge >= 0.3 is 5.97 Å². The molecule has 6 nitrogen and oxygen atoms in total. The standard InChI is InChI=1S/C19H22N2O4/c1-13(2)25-17-10-8-16(9-11-17)21-18(22)12-20-15-6-4-14(5-7-15)19(23)24-3/h4-11,13,20H,12H2,1-3H3,(H,21,22). The van der Waals surface area contributed by atoms with Gasteiger partial charge in [0.1, 0.15) is 5.75 Å². The van der Waals surface area contributed by atoms with E-state index in [9.17, 15) is 9.59 Å². The van der Waals surface area contributed by atoms with E-state index in [1.807, 2.05) is 26.0 Å². The van der Waals surface area contributed by atoms with E-state index in [0.717, 1.165) is 11.4 Å². The fraction of sp³-hybridized carbons (Fsp3) is 0.263. The SMILES string of the molecule is COC(=O)c1ccc(NCC(=O)Nc2ccc(OC(C)C)cc2)cc1. The van der Waals surface area contributed by atoms with Gasteiger partial charge in [-0.05, 0) is 62.4 Å². The Morgan fingerprint density at radius 1 is 0.960 bits per heavy atom. The van der Waals surface area contributed by atoms with Crippen molar-refractivity contribution in [1.82, 2.24) is 0 Å². The number of anilines is 2. The molecule has 0 saturated carbocycles. The van der Waals surface area contributed by atoms with Gasteiger partial charge in [0.2, 0.25) is 5.91 Å². The Hall–Kier alpha value is -3.02. The third-order valence-corrected chi connectivity index (χ3v) is 3.27. The number of rotatable bonds is 7. The molecule has 0 fully saturated rings. The minimum absolute atomic E-state index is 0.107. The summed E-state index contributed by atoms with van der Waals surface area (Å²) in [6.45, 7) is 4.03. The zero-order chi connectivity index (χ0) is 18.2. The van der Waals surface area contributed by atoms with Crippen LogP contribution in [0.15, 0.2) is 48.5 Å². The van der Waals surface area contributed by atoms with Gasteiger partial charge in [0, 0.05) is 11.4 Å². The maximum atomic E-state index is 12.0. The smallest absolute Gasteiger partial charge is 0.337 e. The highest BCUT2D eigenvalue weighted by Gasteiger charge is 2.06. The summed E-state index contributed by atoms with van der Waals surface area (Å²) < 4.78 is 10.2. The molecule has 0 radical (unpaired) electrons. The van der Waals surface area contributed by atoms with E-state index in [4.69, 9.17) is 4.74 Å². The molecular weight excluding hydrogens is 320 g/mol. The topological polar surface area (TPSA) is 76.7 Å². The zero-order valence-electron chi connectivity index (χ0n) is 14.5. The van der Waals surface area contributed by atoms with Crippen LogP contribution in [0.4, 0.5) is 11.4 Å². The molecule has 0 aliphatic carbocycles. The highest BCUT2D eigenvalue weighted by Crippen LogP contribution is 2.17. The normalized spacial score (nSPS) is 10.2. The number of esters is 1. The predicted molar refractivity (Wildman–Crippen MR) is 97.1 cm³/mol. The van der Waals surface area contributed by atoms with Crippen molar-refractivity contribution in [2.24, 2.45) is 0 Å². The summed E-state index contributed by atoms with van der Waals surface area (Å²) in [6.07, 6.45) is 0.107. The van der Waals surface area contributed by atoms with Crippen LogP contribution in [0.5, 0.6) is 5.75 Å². The van der Waals surface area contributed by atoms with Crippen LogP contribution >= 0.6 is 0 Å². The van der Waals surface area contributed by atoms with Crippen LogP contribution in [-0.4, -0.2) is 31.6 Å². The Kier molecular flexibility index (Phi) is 6.39. The number of carbonyl (C=O) groups is 2. The molecule has 0 aromatic heterocycles. The lowest BCUT2D eigenvalue weighted by molar-refractivity contribution is -0.114. The highest BCUT2D eigenvalue weighted by molar-refractivity contribution is 5.94. The summed E-state index contributed by atoms with van der Waals surface area (Å²) in [6, 6.07) is 13.9. The molecule has 0 bridgehead atoms. The molecule has 0 saturated heterocycles. The monoisotopic (exact) mass is 342 g/mol. The second-order valence-electron chi connectivity index (χ2n) is 5.66. The van der Waals surface area contributed by atoms with Crippen molar-refractivity contribution < 1.29 is 19.1 Å². The molecule has 0 aliphatic rings. The van der Waals surface area contributed by atoms with Crippen LogP contribution in [0.3, 0.4) is 0 Å². The second-order valence-corrected chi connectivity index (χ2v) is 5.66. The average molecular weight is 342 g/mol. The van der Waals surface area contributed by atoms with Gasteiger partial charge in [-0.25, -0.2) is 4.79 Å². The third-order valence-electron chi connectivity index (χ3n) is 3.27. The largest absolute Gasteiger partial charge is 0.491 e. The highest BCUT2D eigenvalue weighted by atomic mass is 16.5. The summed E-state index contributed by atoms with van der Waals surface area (Å²) in [5.74, 6) is 0.195. The first-order valence-corrected chi connectivity index (χ1v) is 7.96. The van der Waals surface area contributed by atoms with Gasteiger partial charge in [0.05, 0.1) is 25.3 Å². The van der Waals surface area contributed by atoms with Crippen molar-refractivity contribution in [2.75, 3.05) is 24.3 Å². The minimum Gasteiger partial charge on any atom is -0.491 e. The van der Waals surface area contributed by atoms with Crippen LogP contribution in [0, 0.1) is 0 Å². The summed E-state index contributed by atoms with van der Waals surface area (Å²) >= 11 is 0. The first kappa shape index (κ1) is 18.3. The molecular formula is C19H22N2O4. The number of amides is 1. The Labute approximate surface area is 147 Å². The van der Waals surface area contributed by atoms with Gasteiger partial charge in [-0.15, -0.1) is 0 Å². The molecule has 0 aliphatic heterocycles. The van der Waals surface area contributed by atoms with Gasteiger partial charge in [0.25, 0.3) is 0 Å². The number of nitrogens with one attached hydrogen (secondary N) is 2. The predicted octanol–water partition coefficient (Wildman–Crippen LogP) is 3.31. The molecule has 2 N–H and O–H groups in total. The van der Waals surface area contributed by atoms with Crippen LogP contribution < -0.4 is 15.4 Å². The molecule has 0 unspecified atom stereocenters. The van der Waals surface area contributed by atoms with Crippen molar-refractivity contribution in [2.45, 2.75) is 20.0 Å². The zero-order valence-corrected chi connectivity index (χ0v) is 14.5. The van der Waals surface area contributed by atoms with Crippen LogP contribution in [0.25, 0.3) is 0 Å². The fourth-order valence-electron chi connectivity index (χ4n) is 2.12. The van der Waals surface area contributed by atoms with Gasteiger partial charge in [-0.1, -0.05) is 0 Å². The minimum atomic E-state index is -0.394. The van der Waals surface area contributed by atoms with E-state index in [2.05, 4.69) is 15.4 Å². The van der Waals surface area contributed by atoms with Gasteiger partial charge in [-0.2, -0.15) is 0 Å². The molecule has 2 rings (SSSR count). The van der Waals surface area contributed by atoms with E-state index in [1.54, 1.807) is 36.4 Å². The van der Waals surface area contributed by atoms with Crippen molar-refractivity contribution in [1.29, 1.82) is 0 Å². The van der Waals surface area contributed by atoms with E-state index in [0.29, 0.717) is 11.3 Å². The molecule has 25 heavy (non-hydrogen) atoms. The molecule has 0 heterocycles. The van der Waals surface area contributed by atoms with Crippen molar-refractivity contribution in [3.8, 4) is 5.75 Å². The summed E-state index contributed by atoms with van der Waals surface area (Å²) in [7, 11) is 1.33. The van der Waals surface area contributed by atoms with Crippen LogP contribution in [-0.2, 0) is 9.53 Å². The van der Waals surface area contributed by atoms with E-state index in [-0.39, 0.29) is 18.6 Å².